The van der Waals surface area contributed by atoms with E-state index in [2.05, 4.69) is 23.6 Å². The second-order valence-corrected chi connectivity index (χ2v) is 8.12. The third-order valence-corrected chi connectivity index (χ3v) is 5.17. The largest absolute Gasteiger partial charge is 0.331 e. The molecule has 0 atom stereocenters. The van der Waals surface area contributed by atoms with Crippen molar-refractivity contribution in [3.05, 3.63) is 53.8 Å². The smallest absolute Gasteiger partial charge is 0.264 e. The second kappa shape index (κ2) is 6.45. The summed E-state index contributed by atoms with van der Waals surface area (Å²) in [6.07, 6.45) is 3.31. The number of pyridine rings is 1. The van der Waals surface area contributed by atoms with E-state index < -0.39 is 10.0 Å². The molecule has 0 spiro atoms. The lowest BCUT2D eigenvalue weighted by molar-refractivity contribution is 0.530. The zero-order valence-electron chi connectivity index (χ0n) is 13.4. The minimum absolute atomic E-state index is 0.214. The Morgan fingerprint density at radius 2 is 2.04 bits per heavy atom. The minimum Gasteiger partial charge on any atom is -0.331 e. The van der Waals surface area contributed by atoms with Crippen molar-refractivity contribution in [1.82, 2.24) is 9.55 Å². The maximum Gasteiger partial charge on any atom is 0.264 e. The van der Waals surface area contributed by atoms with Crippen LogP contribution in [0.1, 0.15) is 13.8 Å². The van der Waals surface area contributed by atoms with E-state index in [-0.39, 0.29) is 4.90 Å². The van der Waals surface area contributed by atoms with E-state index in [0.29, 0.717) is 34.2 Å². The highest BCUT2D eigenvalue weighted by Gasteiger charge is 2.22. The fourth-order valence-electron chi connectivity index (χ4n) is 2.60. The van der Waals surface area contributed by atoms with Crippen molar-refractivity contribution in [2.75, 3.05) is 4.72 Å². The summed E-state index contributed by atoms with van der Waals surface area (Å²) in [5.74, 6) is 0.374. The highest BCUT2D eigenvalue weighted by molar-refractivity contribution is 7.93. The lowest BCUT2D eigenvalue weighted by atomic mass is 10.2. The molecular formula is C17H18ClN3O2S. The summed E-state index contributed by atoms with van der Waals surface area (Å²) in [5, 5.41) is 1.08. The number of anilines is 1. The molecule has 5 nitrogen and oxygen atoms in total. The Hall–Kier alpha value is -2.05. The first-order valence-electron chi connectivity index (χ1n) is 7.59. The van der Waals surface area contributed by atoms with Gasteiger partial charge < -0.3 is 4.57 Å². The van der Waals surface area contributed by atoms with Gasteiger partial charge in [-0.25, -0.2) is 13.4 Å². The molecule has 2 aromatic heterocycles. The molecule has 0 radical (unpaired) electrons. The fourth-order valence-corrected chi connectivity index (χ4v) is 4.05. The number of benzene rings is 1. The SMILES string of the molecule is CC(C)Cn1cc(S(=O)(=O)Nc2cccc(Cl)c2)c2cccnc21. The van der Waals surface area contributed by atoms with Gasteiger partial charge in [0.2, 0.25) is 0 Å². The molecule has 1 N–H and O–H groups in total. The van der Waals surface area contributed by atoms with E-state index in [9.17, 15) is 8.42 Å². The summed E-state index contributed by atoms with van der Waals surface area (Å²) >= 11 is 5.93. The standard InChI is InChI=1S/C17H18ClN3O2S/c1-12(2)10-21-11-16(15-7-4-8-19-17(15)21)24(22,23)20-14-6-3-5-13(18)9-14/h3-9,11-12,20H,10H2,1-2H3. The molecular weight excluding hydrogens is 346 g/mol. The van der Waals surface area contributed by atoms with Gasteiger partial charge in [0.1, 0.15) is 10.5 Å². The number of halogens is 1. The molecule has 2 heterocycles. The molecule has 24 heavy (non-hydrogen) atoms. The third kappa shape index (κ3) is 3.39. The number of hydrogen-bond acceptors (Lipinski definition) is 3. The lowest BCUT2D eigenvalue weighted by Crippen LogP contribution is -2.12. The number of hydrogen-bond donors (Lipinski definition) is 1. The second-order valence-electron chi connectivity index (χ2n) is 6.03. The van der Waals surface area contributed by atoms with Gasteiger partial charge in [-0.05, 0) is 36.2 Å². The number of sulfonamides is 1. The first-order valence-corrected chi connectivity index (χ1v) is 9.45. The number of fused-ring (bicyclic) bond motifs is 1. The molecule has 0 saturated heterocycles. The van der Waals surface area contributed by atoms with Gasteiger partial charge in [0, 0.05) is 29.3 Å². The van der Waals surface area contributed by atoms with Gasteiger partial charge in [0.15, 0.2) is 0 Å². The van der Waals surface area contributed by atoms with E-state index in [4.69, 9.17) is 11.6 Å². The summed E-state index contributed by atoms with van der Waals surface area (Å²) in [4.78, 5) is 4.55. The summed E-state index contributed by atoms with van der Waals surface area (Å²) in [7, 11) is -3.74. The third-order valence-electron chi connectivity index (χ3n) is 3.53. The van der Waals surface area contributed by atoms with Gasteiger partial charge in [-0.2, -0.15) is 0 Å². The van der Waals surface area contributed by atoms with Crippen LogP contribution in [0.25, 0.3) is 11.0 Å². The van der Waals surface area contributed by atoms with Gasteiger partial charge >= 0.3 is 0 Å². The molecule has 3 rings (SSSR count). The van der Waals surface area contributed by atoms with E-state index in [1.165, 1.54) is 0 Å². The van der Waals surface area contributed by atoms with E-state index >= 15 is 0 Å². The summed E-state index contributed by atoms with van der Waals surface area (Å²) in [6, 6.07) is 10.1. The van der Waals surface area contributed by atoms with Gasteiger partial charge in [-0.15, -0.1) is 0 Å². The molecule has 0 saturated carbocycles. The Labute approximate surface area is 146 Å². The van der Waals surface area contributed by atoms with Crippen molar-refractivity contribution >= 4 is 38.3 Å². The number of rotatable bonds is 5. The Kier molecular flexibility index (Phi) is 4.51. The molecule has 0 aliphatic heterocycles. The highest BCUT2D eigenvalue weighted by atomic mass is 35.5. The van der Waals surface area contributed by atoms with Crippen LogP contribution in [0, 0.1) is 5.92 Å². The first-order chi connectivity index (χ1) is 11.4. The Bertz CT molecular complexity index is 980. The van der Waals surface area contributed by atoms with Crippen LogP contribution < -0.4 is 4.72 Å². The maximum atomic E-state index is 12.8. The maximum absolute atomic E-state index is 12.8. The van der Waals surface area contributed by atoms with Crippen molar-refractivity contribution in [3.63, 3.8) is 0 Å². The van der Waals surface area contributed by atoms with Crippen molar-refractivity contribution in [1.29, 1.82) is 0 Å². The van der Waals surface area contributed by atoms with Crippen molar-refractivity contribution in [2.24, 2.45) is 5.92 Å². The molecule has 0 unspecified atom stereocenters. The minimum atomic E-state index is -3.74. The monoisotopic (exact) mass is 363 g/mol. The molecule has 0 aliphatic rings. The molecule has 0 bridgehead atoms. The highest BCUT2D eigenvalue weighted by Crippen LogP contribution is 2.27. The predicted molar refractivity (Wildman–Crippen MR) is 96.8 cm³/mol. The van der Waals surface area contributed by atoms with Crippen LogP contribution in [0.15, 0.2) is 53.7 Å². The normalized spacial score (nSPS) is 12.0. The quantitative estimate of drug-likeness (QED) is 0.740. The van der Waals surface area contributed by atoms with Gasteiger partial charge in [-0.3, -0.25) is 4.72 Å². The van der Waals surface area contributed by atoms with Crippen LogP contribution in [-0.2, 0) is 16.6 Å². The van der Waals surface area contributed by atoms with Crippen LogP contribution in [0.5, 0.6) is 0 Å². The molecule has 3 aromatic rings. The van der Waals surface area contributed by atoms with E-state index in [0.717, 1.165) is 0 Å². The average molecular weight is 364 g/mol. The molecule has 1 aromatic carbocycles. The Morgan fingerprint density at radius 1 is 1.25 bits per heavy atom. The molecule has 126 valence electrons. The number of nitrogens with one attached hydrogen (secondary N) is 1. The van der Waals surface area contributed by atoms with E-state index in [1.807, 2.05) is 4.57 Å². The van der Waals surface area contributed by atoms with Gasteiger partial charge in [0.05, 0.1) is 5.69 Å². The first kappa shape index (κ1) is 16.8. The fraction of sp³-hybridized carbons (Fsp3) is 0.235. The van der Waals surface area contributed by atoms with Crippen molar-refractivity contribution in [2.45, 2.75) is 25.3 Å². The topological polar surface area (TPSA) is 64.0 Å². The summed E-state index contributed by atoms with van der Waals surface area (Å²) < 4.78 is 30.1. The van der Waals surface area contributed by atoms with Crippen molar-refractivity contribution in [3.8, 4) is 0 Å². The zero-order chi connectivity index (χ0) is 17.3. The lowest BCUT2D eigenvalue weighted by Gasteiger charge is -2.07. The van der Waals surface area contributed by atoms with Crippen LogP contribution in [-0.4, -0.2) is 18.0 Å². The number of aromatic nitrogens is 2. The molecule has 0 aliphatic carbocycles. The van der Waals surface area contributed by atoms with Crippen LogP contribution in [0.2, 0.25) is 5.02 Å². The average Bonchev–Trinajstić information content (AvgIpc) is 2.86. The Balaban J connectivity index is 2.07. The van der Waals surface area contributed by atoms with Crippen LogP contribution >= 0.6 is 11.6 Å². The molecule has 7 heteroatoms. The van der Waals surface area contributed by atoms with Gasteiger partial charge in [-0.1, -0.05) is 31.5 Å². The summed E-state index contributed by atoms with van der Waals surface area (Å²) in [5.41, 5.74) is 1.09. The molecule has 0 fully saturated rings. The van der Waals surface area contributed by atoms with Crippen molar-refractivity contribution < 1.29 is 8.42 Å². The Morgan fingerprint density at radius 3 is 2.75 bits per heavy atom. The van der Waals surface area contributed by atoms with Crippen LogP contribution in [0.3, 0.4) is 0 Å². The van der Waals surface area contributed by atoms with Crippen LogP contribution in [0.4, 0.5) is 5.69 Å². The summed E-state index contributed by atoms with van der Waals surface area (Å²) in [6.45, 7) is 4.85. The molecule has 0 amide bonds. The zero-order valence-corrected chi connectivity index (χ0v) is 15.0. The number of nitrogens with zero attached hydrogens (tertiary/aromatic N) is 2. The van der Waals surface area contributed by atoms with E-state index in [1.54, 1.807) is 48.8 Å². The predicted octanol–water partition coefficient (Wildman–Crippen LogP) is 4.15. The van der Waals surface area contributed by atoms with Gasteiger partial charge in [0.25, 0.3) is 10.0 Å².